The van der Waals surface area contributed by atoms with Crippen LogP contribution in [0.25, 0.3) is 0 Å². The first-order valence-electron chi connectivity index (χ1n) is 5.37. The Balaban J connectivity index is 2.42. The van der Waals surface area contributed by atoms with Gasteiger partial charge in [-0.25, -0.2) is 8.42 Å². The molecular weight excluding hydrogens is 306 g/mol. The second-order valence-electron chi connectivity index (χ2n) is 3.94. The number of thiophene rings is 1. The summed E-state index contributed by atoms with van der Waals surface area (Å²) in [5, 5.41) is 20.1. The zero-order valence-corrected chi connectivity index (χ0v) is 11.6. The largest absolute Gasteiger partial charge is 0.480 e. The molecule has 1 unspecified atom stereocenters. The molecule has 1 aliphatic rings. The predicted molar refractivity (Wildman–Crippen MR) is 67.4 cm³/mol. The molecule has 1 fully saturated rings. The van der Waals surface area contributed by atoms with E-state index in [0.29, 0.717) is 4.31 Å². The summed E-state index contributed by atoms with van der Waals surface area (Å²) in [6, 6.07) is 3.01. The van der Waals surface area contributed by atoms with Crippen LogP contribution in [0.5, 0.6) is 0 Å². The van der Waals surface area contributed by atoms with Crippen LogP contribution in [-0.4, -0.2) is 48.8 Å². The van der Waals surface area contributed by atoms with Gasteiger partial charge in [0.2, 0.25) is 5.91 Å². The van der Waals surface area contributed by atoms with E-state index in [1.807, 2.05) is 0 Å². The highest BCUT2D eigenvalue weighted by atomic mass is 32.2. The Bertz CT molecular complexity index is 703. The monoisotopic (exact) mass is 315 g/mol. The molecule has 1 atom stereocenters. The summed E-state index contributed by atoms with van der Waals surface area (Å²) in [5.41, 5.74) is 0. The van der Waals surface area contributed by atoms with E-state index in [1.165, 1.54) is 12.1 Å². The highest BCUT2D eigenvalue weighted by molar-refractivity contribution is 7.91. The molecule has 106 valence electrons. The van der Waals surface area contributed by atoms with E-state index in [-0.39, 0.29) is 15.6 Å². The molecule has 8 nitrogen and oxygen atoms in total. The summed E-state index contributed by atoms with van der Waals surface area (Å²) in [4.78, 5) is 22.6. The Morgan fingerprint density at radius 1 is 1.55 bits per heavy atom. The molecule has 2 heterocycles. The van der Waals surface area contributed by atoms with Gasteiger partial charge in [-0.3, -0.25) is 9.59 Å². The Morgan fingerprint density at radius 2 is 2.25 bits per heavy atom. The van der Waals surface area contributed by atoms with Crippen LogP contribution in [0.1, 0.15) is 4.88 Å². The fourth-order valence-corrected chi connectivity index (χ4v) is 4.49. The number of carbonyl (C=O) groups excluding carboxylic acids is 1. The molecule has 0 aliphatic carbocycles. The summed E-state index contributed by atoms with van der Waals surface area (Å²) < 4.78 is 25.2. The van der Waals surface area contributed by atoms with Crippen molar-refractivity contribution < 1.29 is 23.1 Å². The molecule has 0 spiro atoms. The molecule has 0 aromatic carbocycles. The maximum Gasteiger partial charge on any atom is 0.323 e. The first kappa shape index (κ1) is 14.4. The quantitative estimate of drug-likeness (QED) is 0.751. The number of amides is 1. The number of hydrogen-bond donors (Lipinski definition) is 2. The highest BCUT2D eigenvalue weighted by Gasteiger charge is 2.41. The number of hydrogen-bond acceptors (Lipinski definition) is 6. The zero-order valence-electron chi connectivity index (χ0n) is 9.94. The summed E-state index contributed by atoms with van der Waals surface area (Å²) in [7, 11) is -4.12. The van der Waals surface area contributed by atoms with Gasteiger partial charge in [-0.2, -0.15) is 9.57 Å². The molecule has 2 N–H and O–H groups in total. The highest BCUT2D eigenvalue weighted by Crippen LogP contribution is 2.26. The number of aliphatic carboxylic acids is 1. The van der Waals surface area contributed by atoms with Gasteiger partial charge in [-0.05, 0) is 12.1 Å². The smallest absolute Gasteiger partial charge is 0.323 e. The van der Waals surface area contributed by atoms with Crippen molar-refractivity contribution in [2.45, 2.75) is 10.3 Å². The first-order chi connectivity index (χ1) is 9.36. The van der Waals surface area contributed by atoms with Crippen LogP contribution in [0.15, 0.2) is 16.3 Å². The first-order valence-corrected chi connectivity index (χ1v) is 7.63. The Hall–Kier alpha value is -1.96. The number of carboxylic acids is 1. The molecule has 1 saturated heterocycles. The third-order valence-electron chi connectivity index (χ3n) is 2.68. The number of nitriles is 1. The number of carbonyl (C=O) groups is 2. The fraction of sp³-hybridized carbons (Fsp3) is 0.300. The van der Waals surface area contributed by atoms with Gasteiger partial charge in [0.05, 0.1) is 6.54 Å². The molecule has 2 rings (SSSR count). The van der Waals surface area contributed by atoms with Crippen molar-refractivity contribution in [2.75, 3.05) is 13.1 Å². The molecule has 1 aliphatic heterocycles. The van der Waals surface area contributed by atoms with Crippen LogP contribution in [0.4, 0.5) is 0 Å². The van der Waals surface area contributed by atoms with E-state index in [9.17, 15) is 18.0 Å². The molecular formula is C10H9N3O5S2. The molecule has 1 aromatic heterocycles. The van der Waals surface area contributed by atoms with Gasteiger partial charge in [-0.1, -0.05) is 0 Å². The van der Waals surface area contributed by atoms with Gasteiger partial charge in [0.15, 0.2) is 0 Å². The van der Waals surface area contributed by atoms with Crippen LogP contribution in [-0.2, 0) is 19.6 Å². The van der Waals surface area contributed by atoms with Crippen LogP contribution >= 0.6 is 11.3 Å². The van der Waals surface area contributed by atoms with Crippen molar-refractivity contribution >= 4 is 33.2 Å². The number of nitrogens with one attached hydrogen (secondary N) is 1. The van der Waals surface area contributed by atoms with E-state index in [1.54, 1.807) is 6.07 Å². The van der Waals surface area contributed by atoms with Crippen molar-refractivity contribution in [2.24, 2.45) is 0 Å². The maximum absolute atomic E-state index is 12.4. The third-order valence-corrected chi connectivity index (χ3v) is 5.99. The Kier molecular flexibility index (Phi) is 3.76. The number of piperazine rings is 1. The molecule has 1 aromatic rings. The van der Waals surface area contributed by atoms with E-state index in [2.05, 4.69) is 5.32 Å². The lowest BCUT2D eigenvalue weighted by atomic mass is 10.2. The fourth-order valence-electron chi connectivity index (χ4n) is 1.72. The second kappa shape index (κ2) is 5.20. The minimum atomic E-state index is -4.12. The van der Waals surface area contributed by atoms with Gasteiger partial charge in [0.1, 0.15) is 21.2 Å². The van der Waals surface area contributed by atoms with Crippen molar-refractivity contribution in [3.63, 3.8) is 0 Å². The summed E-state index contributed by atoms with van der Waals surface area (Å²) in [6.07, 6.45) is 0. The maximum atomic E-state index is 12.4. The third kappa shape index (κ3) is 2.51. The van der Waals surface area contributed by atoms with E-state index in [0.717, 1.165) is 11.3 Å². The van der Waals surface area contributed by atoms with Gasteiger partial charge in [-0.15, -0.1) is 11.3 Å². The number of nitrogens with zero attached hydrogens (tertiary/aromatic N) is 2. The van der Waals surface area contributed by atoms with Crippen LogP contribution < -0.4 is 5.32 Å². The minimum absolute atomic E-state index is 0.157. The molecule has 20 heavy (non-hydrogen) atoms. The standard InChI is InChI=1S/C10H9N3O5S2/c11-3-6-1-2-9(19-6)20(17,18)13-5-8(14)12-4-7(13)10(15)16/h1-2,7H,4-5H2,(H,12,14)(H,15,16). The lowest BCUT2D eigenvalue weighted by molar-refractivity contribution is -0.143. The van der Waals surface area contributed by atoms with Crippen molar-refractivity contribution in [3.8, 4) is 6.07 Å². The Morgan fingerprint density at radius 3 is 2.80 bits per heavy atom. The van der Waals surface area contributed by atoms with E-state index >= 15 is 0 Å². The van der Waals surface area contributed by atoms with Crippen molar-refractivity contribution in [1.29, 1.82) is 5.26 Å². The minimum Gasteiger partial charge on any atom is -0.480 e. The molecule has 0 saturated carbocycles. The molecule has 0 radical (unpaired) electrons. The summed E-state index contributed by atoms with van der Waals surface area (Å²) in [5.74, 6) is -1.91. The van der Waals surface area contributed by atoms with Crippen LogP contribution in [0, 0.1) is 11.3 Å². The molecule has 0 bridgehead atoms. The second-order valence-corrected chi connectivity index (χ2v) is 7.14. The van der Waals surface area contributed by atoms with Gasteiger partial charge in [0.25, 0.3) is 10.0 Å². The summed E-state index contributed by atoms with van der Waals surface area (Å²) >= 11 is 0.733. The Labute approximate surface area is 118 Å². The van der Waals surface area contributed by atoms with Crippen molar-refractivity contribution in [1.82, 2.24) is 9.62 Å². The zero-order chi connectivity index (χ0) is 14.9. The normalized spacial score (nSPS) is 20.1. The van der Waals surface area contributed by atoms with Gasteiger partial charge in [0, 0.05) is 6.54 Å². The lowest BCUT2D eigenvalue weighted by Crippen LogP contribution is -2.59. The van der Waals surface area contributed by atoms with Gasteiger partial charge < -0.3 is 10.4 Å². The average Bonchev–Trinajstić information content (AvgIpc) is 2.87. The molecule has 10 heteroatoms. The predicted octanol–water partition coefficient (Wildman–Crippen LogP) is -0.807. The van der Waals surface area contributed by atoms with Crippen molar-refractivity contribution in [3.05, 3.63) is 17.0 Å². The average molecular weight is 315 g/mol. The lowest BCUT2D eigenvalue weighted by Gasteiger charge is -2.31. The van der Waals surface area contributed by atoms with Crippen LogP contribution in [0.2, 0.25) is 0 Å². The topological polar surface area (TPSA) is 128 Å². The SMILES string of the molecule is N#Cc1ccc(S(=O)(=O)N2CC(=O)NCC2C(=O)O)s1. The number of sulfonamides is 1. The number of rotatable bonds is 3. The van der Waals surface area contributed by atoms with Gasteiger partial charge >= 0.3 is 5.97 Å². The van der Waals surface area contributed by atoms with Crippen LogP contribution in [0.3, 0.4) is 0 Å². The van der Waals surface area contributed by atoms with E-state index in [4.69, 9.17) is 10.4 Å². The number of carboxylic acid groups (broad SMARTS) is 1. The molecule has 1 amide bonds. The summed E-state index contributed by atoms with van der Waals surface area (Å²) in [6.45, 7) is -0.844. The van der Waals surface area contributed by atoms with E-state index < -0.39 is 34.5 Å².